The van der Waals surface area contributed by atoms with E-state index in [1.807, 2.05) is 11.9 Å². The number of hydrogen-bond donors (Lipinski definition) is 2. The highest BCUT2D eigenvalue weighted by Gasteiger charge is 2.51. The van der Waals surface area contributed by atoms with Gasteiger partial charge in [-0.2, -0.15) is 0 Å². The molecule has 0 amide bonds. The number of piperidine rings is 1. The van der Waals surface area contributed by atoms with E-state index in [1.54, 1.807) is 0 Å². The SMILES string of the molecule is COc1cc(C(=O)OC2CC3C(O)C(O)C(C2)N3C)cc(OC)c1OC. The van der Waals surface area contributed by atoms with Crippen LogP contribution in [-0.4, -0.2) is 79.9 Å². The fourth-order valence-electron chi connectivity index (χ4n) is 3.94. The molecule has 4 atom stereocenters. The molecule has 0 radical (unpaired) electrons. The van der Waals surface area contributed by atoms with Crippen LogP contribution in [0.1, 0.15) is 23.2 Å². The van der Waals surface area contributed by atoms with E-state index in [4.69, 9.17) is 18.9 Å². The van der Waals surface area contributed by atoms with E-state index in [-0.39, 0.29) is 23.8 Å². The number of benzene rings is 1. The first-order valence-electron chi connectivity index (χ1n) is 8.50. The van der Waals surface area contributed by atoms with Crippen LogP contribution in [-0.2, 0) is 4.74 Å². The maximum absolute atomic E-state index is 12.6. The fourth-order valence-corrected chi connectivity index (χ4v) is 3.94. The first-order chi connectivity index (χ1) is 12.4. The number of carbonyl (C=O) groups excluding carboxylic acids is 1. The Labute approximate surface area is 152 Å². The van der Waals surface area contributed by atoms with E-state index in [9.17, 15) is 15.0 Å². The van der Waals surface area contributed by atoms with Crippen LogP contribution in [0.25, 0.3) is 0 Å². The summed E-state index contributed by atoms with van der Waals surface area (Å²) in [7, 11) is 6.31. The van der Waals surface area contributed by atoms with Crippen LogP contribution in [0.5, 0.6) is 17.2 Å². The van der Waals surface area contributed by atoms with Gasteiger partial charge >= 0.3 is 5.97 Å². The Kier molecular flexibility index (Phi) is 5.27. The topological polar surface area (TPSA) is 97.7 Å². The van der Waals surface area contributed by atoms with Crippen molar-refractivity contribution in [3.8, 4) is 17.2 Å². The Balaban J connectivity index is 1.77. The molecule has 26 heavy (non-hydrogen) atoms. The molecule has 8 heteroatoms. The van der Waals surface area contributed by atoms with E-state index in [0.717, 1.165) is 0 Å². The first kappa shape index (κ1) is 18.8. The Bertz CT molecular complexity index is 628. The standard InChI is InChI=1S/C18H25NO7/c1-19-11-7-10(8-12(19)16(21)15(11)20)26-18(22)9-5-13(23-2)17(25-4)14(6-9)24-3/h5-6,10-12,15-16,20-21H,7-8H2,1-4H3. The molecule has 8 nitrogen and oxygen atoms in total. The summed E-state index contributed by atoms with van der Waals surface area (Å²) < 4.78 is 21.4. The molecular formula is C18H25NO7. The molecule has 3 rings (SSSR count). The molecule has 1 aromatic carbocycles. The number of methoxy groups -OCH3 is 3. The third-order valence-electron chi connectivity index (χ3n) is 5.37. The Morgan fingerprint density at radius 3 is 1.92 bits per heavy atom. The van der Waals surface area contributed by atoms with E-state index >= 15 is 0 Å². The second-order valence-electron chi connectivity index (χ2n) is 6.69. The van der Waals surface area contributed by atoms with Gasteiger partial charge in [0.15, 0.2) is 11.5 Å². The molecule has 2 N–H and O–H groups in total. The maximum atomic E-state index is 12.6. The molecule has 0 spiro atoms. The van der Waals surface area contributed by atoms with Crippen molar-refractivity contribution in [2.45, 2.75) is 43.2 Å². The van der Waals surface area contributed by atoms with Gasteiger partial charge in [-0.05, 0) is 19.2 Å². The van der Waals surface area contributed by atoms with Crippen molar-refractivity contribution in [1.82, 2.24) is 4.90 Å². The van der Waals surface area contributed by atoms with Gasteiger partial charge in [-0.15, -0.1) is 0 Å². The van der Waals surface area contributed by atoms with Crippen LogP contribution < -0.4 is 14.2 Å². The van der Waals surface area contributed by atoms with Crippen LogP contribution in [0.15, 0.2) is 12.1 Å². The first-order valence-corrected chi connectivity index (χ1v) is 8.50. The lowest BCUT2D eigenvalue weighted by Gasteiger charge is -2.35. The molecule has 1 aromatic rings. The second-order valence-corrected chi connectivity index (χ2v) is 6.69. The molecule has 0 aliphatic carbocycles. The van der Waals surface area contributed by atoms with Crippen LogP contribution in [0.4, 0.5) is 0 Å². The summed E-state index contributed by atoms with van der Waals surface area (Å²) in [6, 6.07) is 2.64. The molecule has 0 aromatic heterocycles. The lowest BCUT2D eigenvalue weighted by atomic mass is 10.00. The Hall–Kier alpha value is -2.03. The molecule has 2 heterocycles. The van der Waals surface area contributed by atoms with Crippen molar-refractivity contribution in [1.29, 1.82) is 0 Å². The zero-order valence-corrected chi connectivity index (χ0v) is 15.3. The molecule has 2 saturated heterocycles. The monoisotopic (exact) mass is 367 g/mol. The normalized spacial score (nSPS) is 30.8. The number of hydrogen-bond acceptors (Lipinski definition) is 8. The predicted molar refractivity (Wildman–Crippen MR) is 91.9 cm³/mol. The number of aliphatic hydroxyl groups is 2. The van der Waals surface area contributed by atoms with E-state index in [2.05, 4.69) is 0 Å². The molecule has 2 aliphatic rings. The van der Waals surface area contributed by atoms with Gasteiger partial charge < -0.3 is 29.2 Å². The quantitative estimate of drug-likeness (QED) is 0.724. The Morgan fingerprint density at radius 2 is 1.50 bits per heavy atom. The van der Waals surface area contributed by atoms with Crippen molar-refractivity contribution in [2.24, 2.45) is 0 Å². The number of ether oxygens (including phenoxy) is 4. The number of carbonyl (C=O) groups is 1. The number of rotatable bonds is 5. The molecule has 2 fully saturated rings. The van der Waals surface area contributed by atoms with E-state index in [0.29, 0.717) is 30.1 Å². The lowest BCUT2D eigenvalue weighted by Crippen LogP contribution is -2.46. The highest BCUT2D eigenvalue weighted by molar-refractivity contribution is 5.91. The minimum Gasteiger partial charge on any atom is -0.493 e. The van der Waals surface area contributed by atoms with Gasteiger partial charge in [0.25, 0.3) is 0 Å². The van der Waals surface area contributed by atoms with Gasteiger partial charge in [0, 0.05) is 24.9 Å². The maximum Gasteiger partial charge on any atom is 0.338 e. The highest BCUT2D eigenvalue weighted by atomic mass is 16.5. The van der Waals surface area contributed by atoms with Gasteiger partial charge in [0.05, 0.1) is 39.1 Å². The van der Waals surface area contributed by atoms with E-state index < -0.39 is 18.2 Å². The summed E-state index contributed by atoms with van der Waals surface area (Å²) >= 11 is 0. The van der Waals surface area contributed by atoms with Crippen molar-refractivity contribution in [3.63, 3.8) is 0 Å². The van der Waals surface area contributed by atoms with Crippen LogP contribution in [0.3, 0.4) is 0 Å². The average Bonchev–Trinajstić information content (AvgIpc) is 2.77. The van der Waals surface area contributed by atoms with E-state index in [1.165, 1.54) is 33.5 Å². The second kappa shape index (κ2) is 7.30. The molecule has 144 valence electrons. The third kappa shape index (κ3) is 3.08. The van der Waals surface area contributed by atoms with Gasteiger partial charge in [-0.1, -0.05) is 0 Å². The van der Waals surface area contributed by atoms with Crippen LogP contribution >= 0.6 is 0 Å². The van der Waals surface area contributed by atoms with Gasteiger partial charge in [-0.25, -0.2) is 4.79 Å². The molecule has 2 bridgehead atoms. The van der Waals surface area contributed by atoms with Crippen molar-refractivity contribution >= 4 is 5.97 Å². The fraction of sp³-hybridized carbons (Fsp3) is 0.611. The van der Waals surface area contributed by atoms with Gasteiger partial charge in [0.2, 0.25) is 5.75 Å². The predicted octanol–water partition coefficient (Wildman–Crippen LogP) is 0.436. The largest absolute Gasteiger partial charge is 0.493 e. The van der Waals surface area contributed by atoms with Gasteiger partial charge in [-0.3, -0.25) is 4.90 Å². The van der Waals surface area contributed by atoms with Crippen molar-refractivity contribution in [2.75, 3.05) is 28.4 Å². The number of esters is 1. The van der Waals surface area contributed by atoms with Crippen molar-refractivity contribution < 1.29 is 34.0 Å². The minimum atomic E-state index is -0.824. The number of aliphatic hydroxyl groups excluding tert-OH is 2. The lowest BCUT2D eigenvalue weighted by molar-refractivity contribution is -0.00966. The number of likely N-dealkylation sites (N-methyl/N-ethyl adjacent to an activating group) is 1. The van der Waals surface area contributed by atoms with Gasteiger partial charge in [0.1, 0.15) is 6.10 Å². The number of nitrogens with zero attached hydrogens (tertiary/aromatic N) is 1. The molecule has 4 unspecified atom stereocenters. The summed E-state index contributed by atoms with van der Waals surface area (Å²) in [6.07, 6.45) is -1.08. The van der Waals surface area contributed by atoms with Crippen LogP contribution in [0, 0.1) is 0 Å². The Morgan fingerprint density at radius 1 is 1.00 bits per heavy atom. The summed E-state index contributed by atoms with van der Waals surface area (Å²) in [4.78, 5) is 14.6. The summed E-state index contributed by atoms with van der Waals surface area (Å²) in [5.74, 6) is 0.624. The molecular weight excluding hydrogens is 342 g/mol. The average molecular weight is 367 g/mol. The summed E-state index contributed by atoms with van der Waals surface area (Å²) in [6.45, 7) is 0. The zero-order valence-electron chi connectivity index (χ0n) is 15.3. The molecule has 2 aliphatic heterocycles. The van der Waals surface area contributed by atoms with Crippen molar-refractivity contribution in [3.05, 3.63) is 17.7 Å². The third-order valence-corrected chi connectivity index (χ3v) is 5.37. The zero-order chi connectivity index (χ0) is 19.0. The smallest absolute Gasteiger partial charge is 0.338 e. The summed E-state index contributed by atoms with van der Waals surface area (Å²) in [5, 5.41) is 20.2. The molecule has 0 saturated carbocycles. The highest BCUT2D eigenvalue weighted by Crippen LogP contribution is 2.39. The number of fused-ring (bicyclic) bond motifs is 2. The van der Waals surface area contributed by atoms with Crippen LogP contribution in [0.2, 0.25) is 0 Å². The summed E-state index contributed by atoms with van der Waals surface area (Å²) in [5.41, 5.74) is 0.284. The minimum absolute atomic E-state index is 0.221.